The monoisotopic (exact) mass is 225 g/mol. The average molecular weight is 225 g/mol. The molecular weight excluding hydrogens is 210 g/mol. The Morgan fingerprint density at radius 1 is 1.50 bits per heavy atom. The van der Waals surface area contributed by atoms with Gasteiger partial charge < -0.3 is 10.0 Å². The highest BCUT2D eigenvalue weighted by molar-refractivity contribution is 5.81. The first-order valence-electron chi connectivity index (χ1n) is 4.99. The quantitative estimate of drug-likeness (QED) is 0.777. The summed E-state index contributed by atoms with van der Waals surface area (Å²) < 4.78 is 1.47. The number of carbonyl (C=O) groups is 2. The van der Waals surface area contributed by atoms with Crippen molar-refractivity contribution in [3.05, 3.63) is 18.5 Å². The van der Waals surface area contributed by atoms with Crippen LogP contribution in [0.3, 0.4) is 0 Å². The summed E-state index contributed by atoms with van der Waals surface area (Å²) in [5.41, 5.74) is 0. The SMILES string of the molecule is CC(C)N(CC(=O)O)C(=O)Cn1cccn1. The van der Waals surface area contributed by atoms with Crippen LogP contribution in [-0.2, 0) is 16.1 Å². The summed E-state index contributed by atoms with van der Waals surface area (Å²) in [6.45, 7) is 3.35. The van der Waals surface area contributed by atoms with Crippen LogP contribution in [0.15, 0.2) is 18.5 Å². The number of rotatable bonds is 5. The van der Waals surface area contributed by atoms with E-state index < -0.39 is 5.97 Å². The maximum Gasteiger partial charge on any atom is 0.323 e. The number of hydrogen-bond acceptors (Lipinski definition) is 3. The number of carboxylic acid groups (broad SMARTS) is 1. The van der Waals surface area contributed by atoms with Crippen molar-refractivity contribution in [2.75, 3.05) is 6.54 Å². The van der Waals surface area contributed by atoms with E-state index in [9.17, 15) is 9.59 Å². The standard InChI is InChI=1S/C10H15N3O3/c1-8(2)13(7-10(15)16)9(14)6-12-5-3-4-11-12/h3-5,8H,6-7H2,1-2H3,(H,15,16). The summed E-state index contributed by atoms with van der Waals surface area (Å²) >= 11 is 0. The molecule has 0 saturated carbocycles. The van der Waals surface area contributed by atoms with Gasteiger partial charge in [-0.3, -0.25) is 14.3 Å². The molecule has 16 heavy (non-hydrogen) atoms. The van der Waals surface area contributed by atoms with Crippen molar-refractivity contribution < 1.29 is 14.7 Å². The van der Waals surface area contributed by atoms with E-state index in [2.05, 4.69) is 5.10 Å². The van der Waals surface area contributed by atoms with E-state index in [0.29, 0.717) is 0 Å². The third-order valence-corrected chi connectivity index (χ3v) is 2.11. The summed E-state index contributed by atoms with van der Waals surface area (Å²) in [7, 11) is 0. The van der Waals surface area contributed by atoms with Gasteiger partial charge in [0.1, 0.15) is 13.1 Å². The molecule has 6 heteroatoms. The van der Waals surface area contributed by atoms with Gasteiger partial charge in [0.2, 0.25) is 5.91 Å². The number of hydrogen-bond donors (Lipinski definition) is 1. The Hall–Kier alpha value is -1.85. The number of aliphatic carboxylic acids is 1. The normalized spacial score (nSPS) is 10.4. The zero-order valence-corrected chi connectivity index (χ0v) is 9.33. The Morgan fingerprint density at radius 3 is 2.62 bits per heavy atom. The van der Waals surface area contributed by atoms with Crippen LogP contribution in [0.5, 0.6) is 0 Å². The maximum atomic E-state index is 11.8. The minimum atomic E-state index is -1.01. The van der Waals surface area contributed by atoms with Crippen LogP contribution in [0.1, 0.15) is 13.8 Å². The fraction of sp³-hybridized carbons (Fsp3) is 0.500. The van der Waals surface area contributed by atoms with Crippen molar-refractivity contribution in [3.63, 3.8) is 0 Å². The molecule has 0 aliphatic rings. The number of aromatic nitrogens is 2. The lowest BCUT2D eigenvalue weighted by Crippen LogP contribution is -2.42. The molecule has 88 valence electrons. The van der Waals surface area contributed by atoms with Crippen molar-refractivity contribution in [1.29, 1.82) is 0 Å². The van der Waals surface area contributed by atoms with Gasteiger partial charge in [0, 0.05) is 18.4 Å². The van der Waals surface area contributed by atoms with E-state index >= 15 is 0 Å². The molecule has 1 heterocycles. The number of carbonyl (C=O) groups excluding carboxylic acids is 1. The lowest BCUT2D eigenvalue weighted by molar-refractivity contribution is -0.146. The molecule has 1 aromatic rings. The van der Waals surface area contributed by atoms with Gasteiger partial charge in [-0.15, -0.1) is 0 Å². The van der Waals surface area contributed by atoms with Crippen LogP contribution in [0.25, 0.3) is 0 Å². The average Bonchev–Trinajstić information content (AvgIpc) is 2.65. The van der Waals surface area contributed by atoms with E-state index in [1.807, 2.05) is 0 Å². The summed E-state index contributed by atoms with van der Waals surface area (Å²) in [4.78, 5) is 23.7. The van der Waals surface area contributed by atoms with E-state index in [0.717, 1.165) is 0 Å². The maximum absolute atomic E-state index is 11.8. The zero-order valence-electron chi connectivity index (χ0n) is 9.33. The van der Waals surface area contributed by atoms with Crippen LogP contribution in [0, 0.1) is 0 Å². The van der Waals surface area contributed by atoms with E-state index in [-0.39, 0.29) is 25.0 Å². The molecule has 0 bridgehead atoms. The second-order valence-corrected chi connectivity index (χ2v) is 3.71. The first-order valence-corrected chi connectivity index (χ1v) is 4.99. The van der Waals surface area contributed by atoms with Gasteiger partial charge in [-0.25, -0.2) is 0 Å². The van der Waals surface area contributed by atoms with Gasteiger partial charge in [-0.05, 0) is 19.9 Å². The molecule has 0 aliphatic carbocycles. The van der Waals surface area contributed by atoms with E-state index in [1.54, 1.807) is 32.3 Å². The molecule has 0 saturated heterocycles. The van der Waals surface area contributed by atoms with Crippen LogP contribution in [-0.4, -0.2) is 44.3 Å². The van der Waals surface area contributed by atoms with Gasteiger partial charge in [0.25, 0.3) is 0 Å². The Bertz CT molecular complexity index is 359. The van der Waals surface area contributed by atoms with Crippen molar-refractivity contribution in [2.24, 2.45) is 0 Å². The third-order valence-electron chi connectivity index (χ3n) is 2.11. The Balaban J connectivity index is 2.64. The van der Waals surface area contributed by atoms with Crippen LogP contribution in [0.2, 0.25) is 0 Å². The first kappa shape index (κ1) is 12.2. The predicted molar refractivity (Wildman–Crippen MR) is 56.7 cm³/mol. The van der Waals surface area contributed by atoms with Gasteiger partial charge in [0.05, 0.1) is 0 Å². The smallest absolute Gasteiger partial charge is 0.323 e. The predicted octanol–water partition coefficient (Wildman–Crippen LogP) is 0.205. The highest BCUT2D eigenvalue weighted by Crippen LogP contribution is 2.00. The van der Waals surface area contributed by atoms with Gasteiger partial charge in [-0.1, -0.05) is 0 Å². The molecule has 1 aromatic heterocycles. The first-order chi connectivity index (χ1) is 7.50. The molecule has 0 radical (unpaired) electrons. The minimum absolute atomic E-state index is 0.0679. The highest BCUT2D eigenvalue weighted by atomic mass is 16.4. The molecule has 1 amide bonds. The largest absolute Gasteiger partial charge is 0.480 e. The molecular formula is C10H15N3O3. The fourth-order valence-electron chi connectivity index (χ4n) is 1.33. The lowest BCUT2D eigenvalue weighted by Gasteiger charge is -2.24. The van der Waals surface area contributed by atoms with Crippen molar-refractivity contribution in [1.82, 2.24) is 14.7 Å². The third kappa shape index (κ3) is 3.38. The lowest BCUT2D eigenvalue weighted by atomic mass is 10.3. The molecule has 0 atom stereocenters. The Morgan fingerprint density at radius 2 is 2.19 bits per heavy atom. The molecule has 0 spiro atoms. The molecule has 0 unspecified atom stereocenters. The van der Waals surface area contributed by atoms with Crippen molar-refractivity contribution >= 4 is 11.9 Å². The highest BCUT2D eigenvalue weighted by Gasteiger charge is 2.19. The van der Waals surface area contributed by atoms with E-state index in [4.69, 9.17) is 5.11 Å². The van der Waals surface area contributed by atoms with Crippen LogP contribution in [0.4, 0.5) is 0 Å². The van der Waals surface area contributed by atoms with Crippen molar-refractivity contribution in [2.45, 2.75) is 26.4 Å². The van der Waals surface area contributed by atoms with Gasteiger partial charge >= 0.3 is 5.97 Å². The molecule has 0 aromatic carbocycles. The van der Waals surface area contributed by atoms with E-state index in [1.165, 1.54) is 9.58 Å². The summed E-state index contributed by atoms with van der Waals surface area (Å²) in [6, 6.07) is 1.57. The topological polar surface area (TPSA) is 75.4 Å². The summed E-state index contributed by atoms with van der Waals surface area (Å²) in [6.07, 6.45) is 3.24. The summed E-state index contributed by atoms with van der Waals surface area (Å²) in [5, 5.41) is 12.6. The molecule has 1 rings (SSSR count). The fourth-order valence-corrected chi connectivity index (χ4v) is 1.33. The number of nitrogens with zero attached hydrogens (tertiary/aromatic N) is 3. The zero-order chi connectivity index (χ0) is 12.1. The van der Waals surface area contributed by atoms with Gasteiger partial charge in [-0.2, -0.15) is 5.10 Å². The van der Waals surface area contributed by atoms with Crippen molar-refractivity contribution in [3.8, 4) is 0 Å². The Labute approximate surface area is 93.5 Å². The minimum Gasteiger partial charge on any atom is -0.480 e. The molecule has 1 N–H and O–H groups in total. The molecule has 6 nitrogen and oxygen atoms in total. The molecule has 0 aliphatic heterocycles. The van der Waals surface area contributed by atoms with Crippen LogP contribution < -0.4 is 0 Å². The second-order valence-electron chi connectivity index (χ2n) is 3.71. The number of amides is 1. The Kier molecular flexibility index (Phi) is 4.04. The molecule has 0 fully saturated rings. The van der Waals surface area contributed by atoms with Gasteiger partial charge in [0.15, 0.2) is 0 Å². The summed E-state index contributed by atoms with van der Waals surface area (Å²) in [5.74, 6) is -1.26. The van der Waals surface area contributed by atoms with Crippen LogP contribution >= 0.6 is 0 Å². The number of carboxylic acids is 1. The second kappa shape index (κ2) is 5.29.